The number of halogens is 4. The summed E-state index contributed by atoms with van der Waals surface area (Å²) < 4.78 is 56.8. The summed E-state index contributed by atoms with van der Waals surface area (Å²) in [6.07, 6.45) is -2.35. The highest BCUT2D eigenvalue weighted by atomic mass is 19.4. The highest BCUT2D eigenvalue weighted by Crippen LogP contribution is 2.33. The molecule has 0 unspecified atom stereocenters. The van der Waals surface area contributed by atoms with Gasteiger partial charge in [-0.2, -0.15) is 23.5 Å². The quantitative estimate of drug-likeness (QED) is 0.210. The highest BCUT2D eigenvalue weighted by Gasteiger charge is 2.35. The Labute approximate surface area is 229 Å². The van der Waals surface area contributed by atoms with Gasteiger partial charge in [0.25, 0.3) is 0 Å². The number of hydrogen-bond donors (Lipinski definition) is 3. The van der Waals surface area contributed by atoms with Crippen LogP contribution in [0.3, 0.4) is 0 Å². The SMILES string of the molecule is N#Cc1cccc([C@@H](NCC2CC2)c2ccc(F)c(NCc3cc(C(F)(F)F)nn3-c3cccc(CN)c3)c2)c1. The molecule has 6 nitrogen and oxygen atoms in total. The molecule has 206 valence electrons. The average molecular weight is 549 g/mol. The van der Waals surface area contributed by atoms with Crippen LogP contribution in [-0.4, -0.2) is 16.3 Å². The van der Waals surface area contributed by atoms with E-state index >= 15 is 0 Å². The fourth-order valence-electron chi connectivity index (χ4n) is 4.59. The molecule has 0 radical (unpaired) electrons. The fourth-order valence-corrected chi connectivity index (χ4v) is 4.59. The second-order valence-electron chi connectivity index (χ2n) is 9.92. The van der Waals surface area contributed by atoms with Crippen LogP contribution in [0.2, 0.25) is 0 Å². The lowest BCUT2D eigenvalue weighted by molar-refractivity contribution is -0.141. The van der Waals surface area contributed by atoms with Crippen molar-refractivity contribution in [3.05, 3.63) is 112 Å². The lowest BCUT2D eigenvalue weighted by atomic mass is 9.96. The Morgan fingerprint density at radius 1 is 1.02 bits per heavy atom. The van der Waals surface area contributed by atoms with Crippen molar-refractivity contribution in [2.75, 3.05) is 11.9 Å². The zero-order valence-corrected chi connectivity index (χ0v) is 21.5. The van der Waals surface area contributed by atoms with Crippen LogP contribution in [0, 0.1) is 23.1 Å². The van der Waals surface area contributed by atoms with Gasteiger partial charge in [0, 0.05) is 6.54 Å². The van der Waals surface area contributed by atoms with E-state index in [1.807, 2.05) is 6.07 Å². The standard InChI is InChI=1S/C30H28F4N6/c31-26-10-9-23(29(38-17-19-7-8-19)22-5-1-3-20(11-22)15-35)13-27(26)37-18-25-14-28(30(32,33)34)39-40(25)24-6-2-4-21(12-24)16-36/h1-6,9-14,19,29,37-38H,7-8,16-18,36H2/t29-/m1/s1. The fraction of sp³-hybridized carbons (Fsp3) is 0.267. The van der Waals surface area contributed by atoms with Gasteiger partial charge in [-0.25, -0.2) is 9.07 Å². The number of alkyl halides is 3. The highest BCUT2D eigenvalue weighted by molar-refractivity contribution is 5.51. The molecule has 0 amide bonds. The smallest absolute Gasteiger partial charge is 0.377 e. The van der Waals surface area contributed by atoms with E-state index in [0.717, 1.165) is 42.1 Å². The van der Waals surface area contributed by atoms with Crippen LogP contribution >= 0.6 is 0 Å². The molecule has 4 aromatic rings. The molecular weight excluding hydrogens is 520 g/mol. The summed E-state index contributed by atoms with van der Waals surface area (Å²) >= 11 is 0. The Hall–Kier alpha value is -4.20. The zero-order valence-electron chi connectivity index (χ0n) is 21.5. The first kappa shape index (κ1) is 27.4. The predicted octanol–water partition coefficient (Wildman–Crippen LogP) is 6.06. The molecule has 0 spiro atoms. The van der Waals surface area contributed by atoms with Crippen LogP contribution in [0.25, 0.3) is 5.69 Å². The third-order valence-corrected chi connectivity index (χ3v) is 6.90. The van der Waals surface area contributed by atoms with Gasteiger partial charge < -0.3 is 16.4 Å². The average Bonchev–Trinajstić information content (AvgIpc) is 3.68. The molecule has 1 aliphatic rings. The number of nitrogens with one attached hydrogen (secondary N) is 2. The summed E-state index contributed by atoms with van der Waals surface area (Å²) in [6.45, 7) is 0.892. The van der Waals surface area contributed by atoms with E-state index in [9.17, 15) is 22.8 Å². The molecule has 10 heteroatoms. The van der Waals surface area contributed by atoms with Crippen LogP contribution in [0.5, 0.6) is 0 Å². The molecule has 1 aromatic heterocycles. The number of benzene rings is 3. The van der Waals surface area contributed by atoms with Crippen LogP contribution in [-0.2, 0) is 19.3 Å². The first-order chi connectivity index (χ1) is 19.2. The maximum atomic E-state index is 15.0. The van der Waals surface area contributed by atoms with Gasteiger partial charge in [-0.05, 0) is 84.5 Å². The lowest BCUT2D eigenvalue weighted by Crippen LogP contribution is -2.25. The molecule has 1 fully saturated rings. The first-order valence-corrected chi connectivity index (χ1v) is 13.0. The molecule has 40 heavy (non-hydrogen) atoms. The van der Waals surface area contributed by atoms with Crippen molar-refractivity contribution in [1.29, 1.82) is 5.26 Å². The predicted molar refractivity (Wildman–Crippen MR) is 144 cm³/mol. The maximum Gasteiger partial charge on any atom is 0.435 e. The Balaban J connectivity index is 1.45. The van der Waals surface area contributed by atoms with Crippen molar-refractivity contribution in [3.8, 4) is 11.8 Å². The van der Waals surface area contributed by atoms with E-state index in [0.29, 0.717) is 17.2 Å². The summed E-state index contributed by atoms with van der Waals surface area (Å²) in [6, 6.07) is 21.5. The molecule has 0 aliphatic heterocycles. The molecular formula is C30H28F4N6. The van der Waals surface area contributed by atoms with Crippen molar-refractivity contribution in [2.45, 2.75) is 38.1 Å². The number of hydrogen-bond acceptors (Lipinski definition) is 5. The number of anilines is 1. The van der Waals surface area contributed by atoms with Gasteiger partial charge in [-0.1, -0.05) is 30.3 Å². The third kappa shape index (κ3) is 6.33. The van der Waals surface area contributed by atoms with Gasteiger partial charge in [0.1, 0.15) is 5.82 Å². The Morgan fingerprint density at radius 3 is 2.52 bits per heavy atom. The Kier molecular flexibility index (Phi) is 7.87. The number of nitriles is 1. The van der Waals surface area contributed by atoms with Gasteiger partial charge >= 0.3 is 6.18 Å². The summed E-state index contributed by atoms with van der Waals surface area (Å²) in [7, 11) is 0. The molecule has 1 heterocycles. The minimum absolute atomic E-state index is 0.111. The summed E-state index contributed by atoms with van der Waals surface area (Å²) in [5, 5.41) is 19.7. The number of aromatic nitrogens is 2. The van der Waals surface area contributed by atoms with Gasteiger partial charge in [0.15, 0.2) is 5.69 Å². The van der Waals surface area contributed by atoms with Crippen molar-refractivity contribution in [1.82, 2.24) is 15.1 Å². The van der Waals surface area contributed by atoms with Crippen LogP contribution in [0.15, 0.2) is 72.8 Å². The van der Waals surface area contributed by atoms with E-state index in [1.54, 1.807) is 54.6 Å². The second kappa shape index (κ2) is 11.5. The van der Waals surface area contributed by atoms with Gasteiger partial charge in [0.05, 0.1) is 41.3 Å². The largest absolute Gasteiger partial charge is 0.435 e. The molecule has 0 saturated heterocycles. The minimum Gasteiger partial charge on any atom is -0.377 e. The Bertz CT molecular complexity index is 1530. The van der Waals surface area contributed by atoms with Crippen LogP contribution in [0.1, 0.15) is 52.5 Å². The van der Waals surface area contributed by atoms with Gasteiger partial charge in [0.2, 0.25) is 0 Å². The van der Waals surface area contributed by atoms with Crippen molar-refractivity contribution in [3.63, 3.8) is 0 Å². The summed E-state index contributed by atoms with van der Waals surface area (Å²) in [5.74, 6) is 0.0447. The molecule has 4 N–H and O–H groups in total. The second-order valence-corrected chi connectivity index (χ2v) is 9.92. The number of nitrogens with two attached hydrogens (primary N) is 1. The van der Waals surface area contributed by atoms with Crippen LogP contribution < -0.4 is 16.4 Å². The normalized spacial score (nSPS) is 14.1. The third-order valence-electron chi connectivity index (χ3n) is 6.90. The monoisotopic (exact) mass is 548 g/mol. The van der Waals surface area contributed by atoms with Crippen molar-refractivity contribution in [2.24, 2.45) is 11.7 Å². The van der Waals surface area contributed by atoms with E-state index in [2.05, 4.69) is 21.8 Å². The maximum absolute atomic E-state index is 15.0. The molecule has 3 aromatic carbocycles. The zero-order chi connectivity index (χ0) is 28.3. The van der Waals surface area contributed by atoms with Gasteiger partial charge in [-0.15, -0.1) is 0 Å². The van der Waals surface area contributed by atoms with Gasteiger partial charge in [-0.3, -0.25) is 0 Å². The van der Waals surface area contributed by atoms with E-state index in [4.69, 9.17) is 5.73 Å². The van der Waals surface area contributed by atoms with Crippen LogP contribution in [0.4, 0.5) is 23.2 Å². The molecule has 1 saturated carbocycles. The van der Waals surface area contributed by atoms with E-state index in [-0.39, 0.29) is 30.5 Å². The number of rotatable bonds is 10. The van der Waals surface area contributed by atoms with E-state index < -0.39 is 17.7 Å². The lowest BCUT2D eigenvalue weighted by Gasteiger charge is -2.21. The Morgan fingerprint density at radius 2 is 1.80 bits per heavy atom. The van der Waals surface area contributed by atoms with E-state index in [1.165, 1.54) is 10.7 Å². The molecule has 0 bridgehead atoms. The summed E-state index contributed by atoms with van der Waals surface area (Å²) in [4.78, 5) is 0. The number of nitrogens with zero attached hydrogens (tertiary/aromatic N) is 3. The minimum atomic E-state index is -4.64. The van der Waals surface area contributed by atoms with Crippen molar-refractivity contribution >= 4 is 5.69 Å². The molecule has 5 rings (SSSR count). The van der Waals surface area contributed by atoms with Crippen molar-refractivity contribution < 1.29 is 17.6 Å². The molecule has 1 atom stereocenters. The summed E-state index contributed by atoms with van der Waals surface area (Å²) in [5.41, 5.74) is 8.33. The molecule has 1 aliphatic carbocycles. The first-order valence-electron chi connectivity index (χ1n) is 13.0. The topological polar surface area (TPSA) is 91.7 Å².